The fourth-order valence-electron chi connectivity index (χ4n) is 2.57. The SMILES string of the molecule is Cc1nn(CCCN)c(C)c1S(=O)(=O)NCC1CCOC1. The van der Waals surface area contributed by atoms with Crippen LogP contribution in [0.3, 0.4) is 0 Å². The van der Waals surface area contributed by atoms with Crippen molar-refractivity contribution in [2.45, 2.75) is 38.1 Å². The molecule has 0 saturated carbocycles. The van der Waals surface area contributed by atoms with Crippen LogP contribution in [0.15, 0.2) is 4.90 Å². The van der Waals surface area contributed by atoms with Gasteiger partial charge >= 0.3 is 0 Å². The van der Waals surface area contributed by atoms with Gasteiger partial charge in [0.15, 0.2) is 0 Å². The van der Waals surface area contributed by atoms with Crippen LogP contribution in [0.5, 0.6) is 0 Å². The Bertz CT molecular complexity index is 576. The fourth-order valence-corrected chi connectivity index (χ4v) is 4.10. The molecule has 0 amide bonds. The van der Waals surface area contributed by atoms with Crippen molar-refractivity contribution in [3.63, 3.8) is 0 Å². The molecule has 3 N–H and O–H groups in total. The van der Waals surface area contributed by atoms with E-state index in [-0.39, 0.29) is 5.92 Å². The van der Waals surface area contributed by atoms with Crippen LogP contribution in [0.4, 0.5) is 0 Å². The van der Waals surface area contributed by atoms with Gasteiger partial charge in [-0.05, 0) is 39.2 Å². The Hall–Kier alpha value is -0.960. The zero-order chi connectivity index (χ0) is 15.5. The average molecular weight is 316 g/mol. The number of rotatable bonds is 7. The highest BCUT2D eigenvalue weighted by Gasteiger charge is 2.26. The lowest BCUT2D eigenvalue weighted by molar-refractivity contribution is 0.186. The van der Waals surface area contributed by atoms with Gasteiger partial charge in [-0.1, -0.05) is 0 Å². The number of hydrogen-bond donors (Lipinski definition) is 2. The van der Waals surface area contributed by atoms with Gasteiger partial charge in [-0.2, -0.15) is 5.10 Å². The van der Waals surface area contributed by atoms with Crippen molar-refractivity contribution in [1.29, 1.82) is 0 Å². The summed E-state index contributed by atoms with van der Waals surface area (Å²) >= 11 is 0. The van der Waals surface area contributed by atoms with E-state index in [9.17, 15) is 8.42 Å². The van der Waals surface area contributed by atoms with E-state index < -0.39 is 10.0 Å². The molecule has 2 rings (SSSR count). The monoisotopic (exact) mass is 316 g/mol. The highest BCUT2D eigenvalue weighted by molar-refractivity contribution is 7.89. The van der Waals surface area contributed by atoms with E-state index >= 15 is 0 Å². The lowest BCUT2D eigenvalue weighted by atomic mass is 10.1. The number of hydrogen-bond acceptors (Lipinski definition) is 5. The molecule has 1 aromatic rings. The van der Waals surface area contributed by atoms with Gasteiger partial charge in [-0.3, -0.25) is 4.68 Å². The van der Waals surface area contributed by atoms with E-state index in [1.165, 1.54) is 0 Å². The van der Waals surface area contributed by atoms with Crippen molar-refractivity contribution in [2.75, 3.05) is 26.3 Å². The molecule has 7 nitrogen and oxygen atoms in total. The van der Waals surface area contributed by atoms with Gasteiger partial charge in [-0.15, -0.1) is 0 Å². The molecule has 1 atom stereocenters. The molecular weight excluding hydrogens is 292 g/mol. The Morgan fingerprint density at radius 2 is 2.24 bits per heavy atom. The summed E-state index contributed by atoms with van der Waals surface area (Å²) in [4.78, 5) is 0.290. The summed E-state index contributed by atoms with van der Waals surface area (Å²) in [5, 5.41) is 4.31. The second-order valence-corrected chi connectivity index (χ2v) is 7.15. The van der Waals surface area contributed by atoms with Crippen LogP contribution in [0, 0.1) is 19.8 Å². The van der Waals surface area contributed by atoms with E-state index in [4.69, 9.17) is 10.5 Å². The van der Waals surface area contributed by atoms with E-state index in [1.54, 1.807) is 18.5 Å². The average Bonchev–Trinajstić information content (AvgIpc) is 3.03. The van der Waals surface area contributed by atoms with Gasteiger partial charge in [0.2, 0.25) is 10.0 Å². The summed E-state index contributed by atoms with van der Waals surface area (Å²) in [6.45, 7) is 6.44. The minimum absolute atomic E-state index is 0.257. The normalized spacial score (nSPS) is 19.3. The molecule has 0 spiro atoms. The molecule has 2 heterocycles. The number of nitrogens with two attached hydrogens (primary N) is 1. The summed E-state index contributed by atoms with van der Waals surface area (Å²) in [7, 11) is -3.53. The first kappa shape index (κ1) is 16.4. The first-order valence-corrected chi connectivity index (χ1v) is 8.75. The quantitative estimate of drug-likeness (QED) is 0.747. The largest absolute Gasteiger partial charge is 0.381 e. The molecular formula is C13H24N4O3S. The molecule has 1 fully saturated rings. The zero-order valence-electron chi connectivity index (χ0n) is 12.6. The van der Waals surface area contributed by atoms with Gasteiger partial charge in [0, 0.05) is 19.7 Å². The second-order valence-electron chi connectivity index (χ2n) is 5.45. The predicted octanol–water partition coefficient (Wildman–Crippen LogP) is 0.164. The van der Waals surface area contributed by atoms with Crippen LogP contribution >= 0.6 is 0 Å². The van der Waals surface area contributed by atoms with Crippen molar-refractivity contribution >= 4 is 10.0 Å². The molecule has 1 aliphatic heterocycles. The van der Waals surface area contributed by atoms with Crippen LogP contribution in [0.25, 0.3) is 0 Å². The maximum Gasteiger partial charge on any atom is 0.244 e. The Labute approximate surface area is 125 Å². The standard InChI is InChI=1S/C13H24N4O3S/c1-10-13(11(2)17(16-10)6-3-5-14)21(18,19)15-8-12-4-7-20-9-12/h12,15H,3-9,14H2,1-2H3. The molecule has 1 aliphatic rings. The van der Waals surface area contributed by atoms with Crippen molar-refractivity contribution in [1.82, 2.24) is 14.5 Å². The van der Waals surface area contributed by atoms with Gasteiger partial charge < -0.3 is 10.5 Å². The first-order chi connectivity index (χ1) is 9.95. The summed E-state index contributed by atoms with van der Waals surface area (Å²) in [6.07, 6.45) is 1.67. The highest BCUT2D eigenvalue weighted by atomic mass is 32.2. The van der Waals surface area contributed by atoms with Crippen molar-refractivity contribution < 1.29 is 13.2 Å². The third-order valence-electron chi connectivity index (χ3n) is 3.74. The number of aromatic nitrogens is 2. The maximum atomic E-state index is 12.5. The Morgan fingerprint density at radius 3 is 2.86 bits per heavy atom. The minimum atomic E-state index is -3.53. The summed E-state index contributed by atoms with van der Waals surface area (Å²) in [6, 6.07) is 0. The number of sulfonamides is 1. The molecule has 8 heteroatoms. The Balaban J connectivity index is 2.13. The van der Waals surface area contributed by atoms with Crippen molar-refractivity contribution in [2.24, 2.45) is 11.7 Å². The molecule has 0 aliphatic carbocycles. The summed E-state index contributed by atoms with van der Waals surface area (Å²) < 4.78 is 34.6. The van der Waals surface area contributed by atoms with E-state index in [2.05, 4.69) is 9.82 Å². The second kappa shape index (κ2) is 6.87. The van der Waals surface area contributed by atoms with Crippen molar-refractivity contribution in [3.8, 4) is 0 Å². The topological polar surface area (TPSA) is 99.2 Å². The number of ether oxygens (including phenoxy) is 1. The van der Waals surface area contributed by atoms with E-state index in [0.29, 0.717) is 49.1 Å². The van der Waals surface area contributed by atoms with Gasteiger partial charge in [0.05, 0.1) is 18.0 Å². The first-order valence-electron chi connectivity index (χ1n) is 7.27. The van der Waals surface area contributed by atoms with Gasteiger partial charge in [-0.25, -0.2) is 13.1 Å². The molecule has 0 bridgehead atoms. The van der Waals surface area contributed by atoms with Gasteiger partial charge in [0.1, 0.15) is 4.90 Å². The van der Waals surface area contributed by atoms with Crippen LogP contribution in [-0.2, 0) is 21.3 Å². The van der Waals surface area contributed by atoms with E-state index in [0.717, 1.165) is 12.8 Å². The summed E-state index contributed by atoms with van der Waals surface area (Å²) in [5.41, 5.74) is 6.68. The molecule has 1 saturated heterocycles. The lowest BCUT2D eigenvalue weighted by Gasteiger charge is -2.11. The van der Waals surface area contributed by atoms with Crippen LogP contribution in [-0.4, -0.2) is 44.5 Å². The van der Waals surface area contributed by atoms with Crippen LogP contribution < -0.4 is 10.5 Å². The Morgan fingerprint density at radius 1 is 1.48 bits per heavy atom. The Kier molecular flexibility index (Phi) is 5.37. The third-order valence-corrected chi connectivity index (χ3v) is 5.42. The molecule has 1 unspecified atom stereocenters. The molecule has 0 aromatic carbocycles. The highest BCUT2D eigenvalue weighted by Crippen LogP contribution is 2.20. The summed E-state index contributed by atoms with van der Waals surface area (Å²) in [5.74, 6) is 0.257. The van der Waals surface area contributed by atoms with E-state index in [1.807, 2.05) is 0 Å². The smallest absolute Gasteiger partial charge is 0.244 e. The number of nitrogens with zero attached hydrogens (tertiary/aromatic N) is 2. The number of aryl methyl sites for hydroxylation is 2. The molecule has 0 radical (unpaired) electrons. The van der Waals surface area contributed by atoms with Gasteiger partial charge in [0.25, 0.3) is 0 Å². The fraction of sp³-hybridized carbons (Fsp3) is 0.769. The maximum absolute atomic E-state index is 12.5. The zero-order valence-corrected chi connectivity index (χ0v) is 13.4. The van der Waals surface area contributed by atoms with Crippen molar-refractivity contribution in [3.05, 3.63) is 11.4 Å². The predicted molar refractivity (Wildman–Crippen MR) is 79.5 cm³/mol. The van der Waals surface area contributed by atoms with Crippen LogP contribution in [0.2, 0.25) is 0 Å². The molecule has 120 valence electrons. The number of nitrogens with one attached hydrogen (secondary N) is 1. The molecule has 1 aromatic heterocycles. The minimum Gasteiger partial charge on any atom is -0.381 e. The van der Waals surface area contributed by atoms with Crippen LogP contribution in [0.1, 0.15) is 24.2 Å². The molecule has 21 heavy (non-hydrogen) atoms. The third kappa shape index (κ3) is 3.82. The lowest BCUT2D eigenvalue weighted by Crippen LogP contribution is -2.30.